The van der Waals surface area contributed by atoms with E-state index in [1.54, 1.807) is 11.7 Å². The molecule has 0 spiro atoms. The van der Waals surface area contributed by atoms with Gasteiger partial charge in [-0.15, -0.1) is 22.9 Å². The Morgan fingerprint density at radius 1 is 1.78 bits per heavy atom. The Kier molecular flexibility index (Phi) is 6.03. The van der Waals surface area contributed by atoms with Crippen LogP contribution < -0.4 is 5.32 Å². The molecule has 1 aromatic heterocycles. The van der Waals surface area contributed by atoms with Crippen LogP contribution >= 0.6 is 22.9 Å². The minimum Gasteiger partial charge on any atom is -0.391 e. The van der Waals surface area contributed by atoms with Crippen molar-refractivity contribution in [3.05, 3.63) is 23.7 Å². The Balaban J connectivity index is 2.75. The van der Waals surface area contributed by atoms with Crippen molar-refractivity contribution in [1.82, 2.24) is 4.98 Å². The molecular formula is C10H9ClN3O3S. The van der Waals surface area contributed by atoms with Gasteiger partial charge < -0.3 is 10.2 Å². The van der Waals surface area contributed by atoms with E-state index in [-0.39, 0.29) is 29.8 Å². The van der Waals surface area contributed by atoms with Crippen molar-refractivity contribution < 1.29 is 14.4 Å². The summed E-state index contributed by atoms with van der Waals surface area (Å²) in [6.45, 7) is 3.61. The highest BCUT2D eigenvalue weighted by Gasteiger charge is 2.11. The zero-order valence-corrected chi connectivity index (χ0v) is 10.8. The lowest BCUT2D eigenvalue weighted by Gasteiger charge is -1.96. The number of aromatic nitrogens is 1. The van der Waals surface area contributed by atoms with Gasteiger partial charge in [0.05, 0.1) is 0 Å². The summed E-state index contributed by atoms with van der Waals surface area (Å²) in [5.41, 5.74) is 0.184. The van der Waals surface area contributed by atoms with E-state index >= 15 is 0 Å². The molecule has 1 amide bonds. The monoisotopic (exact) mass is 286 g/mol. The Labute approximate surface area is 112 Å². The molecule has 0 unspecified atom stereocenters. The minimum absolute atomic E-state index is 0.0838. The maximum Gasteiger partial charge on any atom is 0.259 e. The van der Waals surface area contributed by atoms with E-state index in [0.29, 0.717) is 5.13 Å². The number of nitrogens with one attached hydrogen (secondary N) is 1. The maximum atomic E-state index is 11.0. The summed E-state index contributed by atoms with van der Waals surface area (Å²) < 4.78 is 0. The van der Waals surface area contributed by atoms with Crippen LogP contribution in [0, 0.1) is 0 Å². The van der Waals surface area contributed by atoms with Gasteiger partial charge in [-0.2, -0.15) is 0 Å². The predicted octanol–water partition coefficient (Wildman–Crippen LogP) is 1.34. The van der Waals surface area contributed by atoms with Crippen LogP contribution in [0.25, 0.3) is 0 Å². The second-order valence-corrected chi connectivity index (χ2v) is 3.97. The van der Waals surface area contributed by atoms with E-state index in [1.165, 1.54) is 6.08 Å². The number of carbonyl (C=O) groups is 1. The molecule has 6 nitrogen and oxygen atoms in total. The summed E-state index contributed by atoms with van der Waals surface area (Å²) in [6.07, 6.45) is 3.09. The third-order valence-corrected chi connectivity index (χ3v) is 2.56. The van der Waals surface area contributed by atoms with E-state index in [0.717, 1.165) is 11.3 Å². The van der Waals surface area contributed by atoms with Crippen LogP contribution in [0.15, 0.2) is 23.2 Å². The number of rotatable bonds is 7. The predicted molar refractivity (Wildman–Crippen MR) is 69.8 cm³/mol. The summed E-state index contributed by atoms with van der Waals surface area (Å²) in [4.78, 5) is 30.4. The van der Waals surface area contributed by atoms with Gasteiger partial charge in [0.25, 0.3) is 6.29 Å². The van der Waals surface area contributed by atoms with Gasteiger partial charge in [0.1, 0.15) is 18.2 Å². The van der Waals surface area contributed by atoms with Gasteiger partial charge in [-0.25, -0.2) is 4.98 Å². The lowest BCUT2D eigenvalue weighted by molar-refractivity contribution is -0.113. The number of hydrogen-bond acceptors (Lipinski definition) is 6. The van der Waals surface area contributed by atoms with Crippen molar-refractivity contribution in [2.75, 3.05) is 17.8 Å². The molecule has 95 valence electrons. The van der Waals surface area contributed by atoms with Crippen molar-refractivity contribution in [2.45, 2.75) is 0 Å². The number of thiazole rings is 1. The number of alkyl halides is 1. The molecule has 1 aromatic rings. The first-order valence-corrected chi connectivity index (χ1v) is 6.13. The molecule has 1 N–H and O–H groups in total. The summed E-state index contributed by atoms with van der Waals surface area (Å²) in [7, 11) is 0. The van der Waals surface area contributed by atoms with Gasteiger partial charge in [0.2, 0.25) is 5.91 Å². The van der Waals surface area contributed by atoms with E-state index in [9.17, 15) is 9.59 Å². The maximum absolute atomic E-state index is 11.0. The molecule has 8 heteroatoms. The van der Waals surface area contributed by atoms with Crippen LogP contribution in [0.4, 0.5) is 5.13 Å². The third kappa shape index (κ3) is 4.27. The molecule has 18 heavy (non-hydrogen) atoms. The molecule has 0 bridgehead atoms. The zero-order valence-electron chi connectivity index (χ0n) is 9.18. The van der Waals surface area contributed by atoms with Crippen molar-refractivity contribution >= 4 is 46.0 Å². The molecule has 0 aromatic carbocycles. The van der Waals surface area contributed by atoms with Gasteiger partial charge in [0.15, 0.2) is 10.8 Å². The van der Waals surface area contributed by atoms with Gasteiger partial charge in [-0.3, -0.25) is 9.59 Å². The van der Waals surface area contributed by atoms with Crippen LogP contribution in [0.1, 0.15) is 5.69 Å². The Hall–Kier alpha value is -1.73. The molecule has 0 aliphatic carbocycles. The third-order valence-electron chi connectivity index (χ3n) is 1.56. The van der Waals surface area contributed by atoms with E-state index in [1.807, 2.05) is 0 Å². The van der Waals surface area contributed by atoms with Crippen LogP contribution in [0.2, 0.25) is 0 Å². The Morgan fingerprint density at radius 2 is 2.56 bits per heavy atom. The van der Waals surface area contributed by atoms with E-state index in [4.69, 9.17) is 16.4 Å². The number of nitrogens with zero attached hydrogens (tertiary/aromatic N) is 2. The van der Waals surface area contributed by atoms with Crippen LogP contribution in [0.3, 0.4) is 0 Å². The largest absolute Gasteiger partial charge is 0.391 e. The first kappa shape index (κ1) is 14.3. The second-order valence-electron chi connectivity index (χ2n) is 2.85. The fraction of sp³-hybridized carbons (Fsp3) is 0.200. The summed E-state index contributed by atoms with van der Waals surface area (Å²) in [5.74, 6) is -0.549. The van der Waals surface area contributed by atoms with Gasteiger partial charge in [0, 0.05) is 5.38 Å². The molecule has 0 atom stereocenters. The van der Waals surface area contributed by atoms with Crippen molar-refractivity contribution in [2.24, 2.45) is 5.16 Å². The Morgan fingerprint density at radius 3 is 3.17 bits per heavy atom. The molecule has 0 fully saturated rings. The SMILES string of the molecule is C=CCO/N=C(\[C]=O)c1csc(NC(=O)CCl)n1. The number of halogens is 1. The lowest BCUT2D eigenvalue weighted by Crippen LogP contribution is -2.12. The lowest BCUT2D eigenvalue weighted by atomic mass is 10.3. The second kappa shape index (κ2) is 7.57. The number of oxime groups is 1. The topological polar surface area (TPSA) is 80.6 Å². The van der Waals surface area contributed by atoms with Crippen LogP contribution in [0.5, 0.6) is 0 Å². The molecule has 1 heterocycles. The van der Waals surface area contributed by atoms with E-state index in [2.05, 4.69) is 22.0 Å². The molecule has 0 aliphatic heterocycles. The van der Waals surface area contributed by atoms with Crippen molar-refractivity contribution in [3.63, 3.8) is 0 Å². The molecule has 1 radical (unpaired) electrons. The number of amides is 1. The fourth-order valence-corrected chi connectivity index (χ4v) is 1.64. The smallest absolute Gasteiger partial charge is 0.259 e. The highest BCUT2D eigenvalue weighted by atomic mass is 35.5. The molecule has 1 rings (SSSR count). The number of carbonyl (C=O) groups excluding carboxylic acids is 2. The van der Waals surface area contributed by atoms with Crippen LogP contribution in [-0.2, 0) is 14.4 Å². The Bertz CT molecular complexity index is 473. The summed E-state index contributed by atoms with van der Waals surface area (Å²) in [6, 6.07) is 0. The van der Waals surface area contributed by atoms with Gasteiger partial charge in [-0.05, 0) is 0 Å². The molecular weight excluding hydrogens is 278 g/mol. The first-order chi connectivity index (χ1) is 8.71. The van der Waals surface area contributed by atoms with E-state index < -0.39 is 0 Å². The highest BCUT2D eigenvalue weighted by molar-refractivity contribution is 7.14. The number of hydrogen-bond donors (Lipinski definition) is 1. The summed E-state index contributed by atoms with van der Waals surface area (Å²) in [5, 5.41) is 7.86. The zero-order chi connectivity index (χ0) is 13.4. The normalized spacial score (nSPS) is 10.8. The highest BCUT2D eigenvalue weighted by Crippen LogP contribution is 2.15. The average Bonchev–Trinajstić information content (AvgIpc) is 2.83. The minimum atomic E-state index is -0.381. The van der Waals surface area contributed by atoms with Gasteiger partial charge in [-0.1, -0.05) is 17.8 Å². The number of anilines is 1. The van der Waals surface area contributed by atoms with Crippen LogP contribution in [-0.4, -0.2) is 35.4 Å². The molecule has 0 saturated carbocycles. The van der Waals surface area contributed by atoms with Crippen molar-refractivity contribution in [1.29, 1.82) is 0 Å². The first-order valence-electron chi connectivity index (χ1n) is 4.72. The standard InChI is InChI=1S/C10H9ClN3O3S/c1-2-3-17-14-7(5-15)8-6-18-10(12-8)13-9(16)4-11/h2,6H,1,3-4H2,(H,12,13,16)/b14-7+. The van der Waals surface area contributed by atoms with Crippen molar-refractivity contribution in [3.8, 4) is 0 Å². The quantitative estimate of drug-likeness (QED) is 0.270. The fourth-order valence-electron chi connectivity index (χ4n) is 0.865. The molecule has 0 aliphatic rings. The average molecular weight is 287 g/mol. The van der Waals surface area contributed by atoms with Gasteiger partial charge >= 0.3 is 0 Å². The molecule has 0 saturated heterocycles. The summed E-state index contributed by atoms with van der Waals surface area (Å²) >= 11 is 6.47.